The van der Waals surface area contributed by atoms with Crippen LogP contribution in [0, 0.1) is 12.8 Å². The first-order chi connectivity index (χ1) is 15.9. The Hall–Kier alpha value is -3.15. The van der Waals surface area contributed by atoms with Gasteiger partial charge in [-0.2, -0.15) is 0 Å². The third-order valence-electron chi connectivity index (χ3n) is 7.43. The fourth-order valence-corrected chi connectivity index (χ4v) is 5.60. The molecule has 172 valence electrons. The second-order valence-corrected chi connectivity index (χ2v) is 9.55. The molecule has 0 N–H and O–H groups in total. The zero-order valence-corrected chi connectivity index (χ0v) is 19.3. The Bertz CT molecular complexity index is 1120. The number of hydrogen-bond acceptors (Lipinski definition) is 4. The molecule has 6 heteroatoms. The number of hydrogen-bond donors (Lipinski definition) is 0. The lowest BCUT2D eigenvalue weighted by molar-refractivity contribution is -0.139. The second-order valence-electron chi connectivity index (χ2n) is 9.55. The first-order valence-electron chi connectivity index (χ1n) is 11.9. The maximum absolute atomic E-state index is 13.3. The van der Waals surface area contributed by atoms with Crippen molar-refractivity contribution in [3.05, 3.63) is 59.2 Å². The molecule has 2 aromatic carbocycles. The Kier molecular flexibility index (Phi) is 5.47. The first-order valence-corrected chi connectivity index (χ1v) is 11.9. The largest absolute Gasteiger partial charge is 0.486 e. The number of aryl methyl sites for hydroxylation is 2. The van der Waals surface area contributed by atoms with Crippen LogP contribution in [0.1, 0.15) is 54.1 Å². The second kappa shape index (κ2) is 8.32. The monoisotopic (exact) mass is 446 g/mol. The Morgan fingerprint density at radius 3 is 2.61 bits per heavy atom. The number of carbonyl (C=O) groups excluding carboxylic acids is 3. The van der Waals surface area contributed by atoms with E-state index in [1.54, 1.807) is 0 Å². The van der Waals surface area contributed by atoms with Gasteiger partial charge >= 0.3 is 0 Å². The predicted octanol–water partition coefficient (Wildman–Crippen LogP) is 3.94. The highest BCUT2D eigenvalue weighted by atomic mass is 16.5. The standard InChI is InChI=1S/C27H30N2O4/c1-3-19-8-6-7-18(2)25(19)29-17-20(15-24(29)31)26(32)28-13-11-27(12-14-28)16-22(30)21-9-4-5-10-23(21)33-27/h4-10,20H,3,11-17H2,1-2H3. The molecule has 1 unspecified atom stereocenters. The van der Waals surface area contributed by atoms with Crippen molar-refractivity contribution in [2.45, 2.75) is 51.6 Å². The minimum Gasteiger partial charge on any atom is -0.486 e. The van der Waals surface area contributed by atoms with Crippen molar-refractivity contribution < 1.29 is 19.1 Å². The number of benzene rings is 2. The van der Waals surface area contributed by atoms with Crippen molar-refractivity contribution in [1.29, 1.82) is 0 Å². The van der Waals surface area contributed by atoms with E-state index in [9.17, 15) is 14.4 Å². The van der Waals surface area contributed by atoms with Gasteiger partial charge in [0, 0.05) is 44.6 Å². The van der Waals surface area contributed by atoms with Crippen LogP contribution in [-0.2, 0) is 16.0 Å². The van der Waals surface area contributed by atoms with E-state index in [-0.39, 0.29) is 29.9 Å². The first kappa shape index (κ1) is 21.7. The Labute approximate surface area is 194 Å². The van der Waals surface area contributed by atoms with Gasteiger partial charge in [0.15, 0.2) is 5.78 Å². The molecule has 0 aromatic heterocycles. The summed E-state index contributed by atoms with van der Waals surface area (Å²) in [4.78, 5) is 42.6. The Morgan fingerprint density at radius 2 is 1.85 bits per heavy atom. The smallest absolute Gasteiger partial charge is 0.228 e. The van der Waals surface area contributed by atoms with Gasteiger partial charge in [0.25, 0.3) is 0 Å². The number of ether oxygens (including phenoxy) is 1. The number of fused-ring (bicyclic) bond motifs is 1. The van der Waals surface area contributed by atoms with Crippen LogP contribution < -0.4 is 9.64 Å². The lowest BCUT2D eigenvalue weighted by atomic mass is 9.82. The quantitative estimate of drug-likeness (QED) is 0.716. The van der Waals surface area contributed by atoms with Gasteiger partial charge in [-0.05, 0) is 36.6 Å². The molecule has 1 atom stereocenters. The molecule has 0 bridgehead atoms. The minimum absolute atomic E-state index is 0.0173. The summed E-state index contributed by atoms with van der Waals surface area (Å²) in [7, 11) is 0. The maximum Gasteiger partial charge on any atom is 0.228 e. The van der Waals surface area contributed by atoms with Crippen molar-refractivity contribution in [3.63, 3.8) is 0 Å². The van der Waals surface area contributed by atoms with Crippen molar-refractivity contribution >= 4 is 23.3 Å². The summed E-state index contributed by atoms with van der Waals surface area (Å²) in [6, 6.07) is 13.5. The topological polar surface area (TPSA) is 66.9 Å². The molecule has 33 heavy (non-hydrogen) atoms. The van der Waals surface area contributed by atoms with E-state index in [1.165, 1.54) is 0 Å². The van der Waals surface area contributed by atoms with Gasteiger partial charge in [0.1, 0.15) is 11.4 Å². The maximum atomic E-state index is 13.3. The van der Waals surface area contributed by atoms with Gasteiger partial charge in [-0.15, -0.1) is 0 Å². The molecule has 5 rings (SSSR count). The van der Waals surface area contributed by atoms with Crippen molar-refractivity contribution in [3.8, 4) is 5.75 Å². The molecule has 2 aromatic rings. The molecule has 2 amide bonds. The summed E-state index contributed by atoms with van der Waals surface area (Å²) >= 11 is 0. The zero-order valence-electron chi connectivity index (χ0n) is 19.3. The van der Waals surface area contributed by atoms with E-state index in [2.05, 4.69) is 13.0 Å². The van der Waals surface area contributed by atoms with Gasteiger partial charge in [0.2, 0.25) is 11.8 Å². The highest BCUT2D eigenvalue weighted by molar-refractivity contribution is 6.02. The number of ketones is 1. The number of piperidine rings is 1. The molecule has 6 nitrogen and oxygen atoms in total. The fraction of sp³-hybridized carbons (Fsp3) is 0.444. The Morgan fingerprint density at radius 1 is 1.09 bits per heavy atom. The number of rotatable bonds is 3. The molecular formula is C27H30N2O4. The number of amides is 2. The number of likely N-dealkylation sites (tertiary alicyclic amines) is 1. The molecule has 2 saturated heterocycles. The highest BCUT2D eigenvalue weighted by Crippen LogP contribution is 2.40. The van der Waals surface area contributed by atoms with Crippen LogP contribution in [-0.4, -0.2) is 47.7 Å². The molecule has 3 heterocycles. The number of nitrogens with zero attached hydrogens (tertiary/aromatic N) is 2. The molecule has 0 saturated carbocycles. The summed E-state index contributed by atoms with van der Waals surface area (Å²) in [5.41, 5.74) is 3.28. The molecule has 2 fully saturated rings. The van der Waals surface area contributed by atoms with Gasteiger partial charge in [-0.3, -0.25) is 14.4 Å². The molecule has 3 aliphatic rings. The fourth-order valence-electron chi connectivity index (χ4n) is 5.60. The van der Waals surface area contributed by atoms with E-state index in [0.29, 0.717) is 50.2 Å². The lowest BCUT2D eigenvalue weighted by Crippen LogP contribution is -2.53. The van der Waals surface area contributed by atoms with Crippen LogP contribution in [0.2, 0.25) is 0 Å². The number of para-hydroxylation sites is 2. The van der Waals surface area contributed by atoms with E-state index in [0.717, 1.165) is 23.2 Å². The third kappa shape index (κ3) is 3.81. The number of carbonyl (C=O) groups is 3. The van der Waals surface area contributed by atoms with Crippen molar-refractivity contribution in [2.75, 3.05) is 24.5 Å². The molecule has 3 aliphatic heterocycles. The van der Waals surface area contributed by atoms with E-state index in [1.807, 2.05) is 53.1 Å². The van der Waals surface area contributed by atoms with Crippen LogP contribution in [0.4, 0.5) is 5.69 Å². The average molecular weight is 447 g/mol. The zero-order chi connectivity index (χ0) is 23.2. The van der Waals surface area contributed by atoms with Crippen LogP contribution >= 0.6 is 0 Å². The molecule has 1 spiro atoms. The van der Waals surface area contributed by atoms with E-state index in [4.69, 9.17) is 4.74 Å². The number of anilines is 1. The van der Waals surface area contributed by atoms with E-state index < -0.39 is 5.60 Å². The normalized spacial score (nSPS) is 21.8. The third-order valence-corrected chi connectivity index (χ3v) is 7.43. The van der Waals surface area contributed by atoms with Gasteiger partial charge < -0.3 is 14.5 Å². The summed E-state index contributed by atoms with van der Waals surface area (Å²) in [5, 5.41) is 0. The lowest BCUT2D eigenvalue weighted by Gasteiger charge is -2.44. The highest BCUT2D eigenvalue weighted by Gasteiger charge is 2.45. The minimum atomic E-state index is -0.531. The van der Waals surface area contributed by atoms with Crippen molar-refractivity contribution in [2.24, 2.45) is 5.92 Å². The average Bonchev–Trinajstić information content (AvgIpc) is 3.20. The summed E-state index contributed by atoms with van der Waals surface area (Å²) in [6.45, 7) is 5.62. The summed E-state index contributed by atoms with van der Waals surface area (Å²) in [5.74, 6) is 0.484. The SMILES string of the molecule is CCc1cccc(C)c1N1CC(C(=O)N2CCC3(CC2)CC(=O)c2ccccc2O3)CC1=O. The van der Waals surface area contributed by atoms with Crippen LogP contribution in [0.5, 0.6) is 5.75 Å². The van der Waals surface area contributed by atoms with Gasteiger partial charge in [0.05, 0.1) is 17.9 Å². The van der Waals surface area contributed by atoms with Crippen molar-refractivity contribution in [1.82, 2.24) is 4.90 Å². The predicted molar refractivity (Wildman–Crippen MR) is 126 cm³/mol. The number of Topliss-reactive ketones (excluding diaryl/α,β-unsaturated/α-hetero) is 1. The van der Waals surface area contributed by atoms with Crippen LogP contribution in [0.25, 0.3) is 0 Å². The van der Waals surface area contributed by atoms with Gasteiger partial charge in [-0.25, -0.2) is 0 Å². The molecular weight excluding hydrogens is 416 g/mol. The van der Waals surface area contributed by atoms with Gasteiger partial charge in [-0.1, -0.05) is 37.3 Å². The summed E-state index contributed by atoms with van der Waals surface area (Å²) in [6.07, 6.45) is 2.70. The summed E-state index contributed by atoms with van der Waals surface area (Å²) < 4.78 is 6.29. The van der Waals surface area contributed by atoms with E-state index >= 15 is 0 Å². The molecule has 0 aliphatic carbocycles. The Balaban J connectivity index is 1.26. The van der Waals surface area contributed by atoms with Crippen LogP contribution in [0.3, 0.4) is 0 Å². The molecule has 0 radical (unpaired) electrons. The van der Waals surface area contributed by atoms with Crippen LogP contribution in [0.15, 0.2) is 42.5 Å².